The van der Waals surface area contributed by atoms with E-state index in [9.17, 15) is 14.9 Å². The zero-order chi connectivity index (χ0) is 19.8. The fourth-order valence-corrected chi connectivity index (χ4v) is 4.05. The SMILES string of the molecule is Cc1nc(-c2ccco2)nc2sc(C(=O)Nc3ccc([N+](=O)[O-])cc3)c(C)c12. The van der Waals surface area contributed by atoms with Gasteiger partial charge in [0.05, 0.1) is 21.8 Å². The van der Waals surface area contributed by atoms with E-state index in [0.29, 0.717) is 27.0 Å². The quantitative estimate of drug-likeness (QED) is 0.396. The smallest absolute Gasteiger partial charge is 0.269 e. The minimum Gasteiger partial charge on any atom is -0.461 e. The topological polar surface area (TPSA) is 111 Å². The summed E-state index contributed by atoms with van der Waals surface area (Å²) in [7, 11) is 0. The number of fused-ring (bicyclic) bond motifs is 1. The van der Waals surface area contributed by atoms with Crippen LogP contribution in [-0.2, 0) is 0 Å². The number of anilines is 1. The predicted molar refractivity (Wildman–Crippen MR) is 106 cm³/mol. The lowest BCUT2D eigenvalue weighted by atomic mass is 10.1. The first-order valence-corrected chi connectivity index (χ1v) is 9.13. The Morgan fingerprint density at radius 1 is 1.18 bits per heavy atom. The van der Waals surface area contributed by atoms with Crippen LogP contribution in [0.2, 0.25) is 0 Å². The Morgan fingerprint density at radius 2 is 1.93 bits per heavy atom. The van der Waals surface area contributed by atoms with Crippen LogP contribution in [0.5, 0.6) is 0 Å². The zero-order valence-electron chi connectivity index (χ0n) is 14.9. The van der Waals surface area contributed by atoms with Crippen molar-refractivity contribution >= 4 is 38.8 Å². The first-order chi connectivity index (χ1) is 13.4. The van der Waals surface area contributed by atoms with Crippen LogP contribution in [0.3, 0.4) is 0 Å². The lowest BCUT2D eigenvalue weighted by Gasteiger charge is -2.04. The molecular formula is C19H14N4O4S. The highest BCUT2D eigenvalue weighted by Crippen LogP contribution is 2.33. The third kappa shape index (κ3) is 3.12. The molecule has 0 aliphatic carbocycles. The summed E-state index contributed by atoms with van der Waals surface area (Å²) in [5.74, 6) is 0.736. The molecule has 1 N–H and O–H groups in total. The number of aryl methyl sites for hydroxylation is 2. The number of carbonyl (C=O) groups is 1. The van der Waals surface area contributed by atoms with Gasteiger partial charge in [0.2, 0.25) is 0 Å². The number of amides is 1. The Kier molecular flexibility index (Phi) is 4.36. The summed E-state index contributed by atoms with van der Waals surface area (Å²) in [6.45, 7) is 3.72. The van der Waals surface area contributed by atoms with E-state index in [0.717, 1.165) is 16.6 Å². The normalized spacial score (nSPS) is 10.9. The Labute approximate surface area is 163 Å². The van der Waals surface area contributed by atoms with Crippen LogP contribution in [0, 0.1) is 24.0 Å². The second-order valence-electron chi connectivity index (χ2n) is 6.10. The number of benzene rings is 1. The molecule has 4 aromatic rings. The van der Waals surface area contributed by atoms with E-state index in [1.54, 1.807) is 18.4 Å². The number of hydrogen-bond acceptors (Lipinski definition) is 7. The summed E-state index contributed by atoms with van der Waals surface area (Å²) in [6, 6.07) is 9.24. The molecule has 0 atom stereocenters. The van der Waals surface area contributed by atoms with E-state index >= 15 is 0 Å². The lowest BCUT2D eigenvalue weighted by molar-refractivity contribution is -0.384. The zero-order valence-corrected chi connectivity index (χ0v) is 15.7. The van der Waals surface area contributed by atoms with Crippen LogP contribution in [-0.4, -0.2) is 20.8 Å². The molecule has 8 nitrogen and oxygen atoms in total. The fourth-order valence-electron chi connectivity index (χ4n) is 2.93. The lowest BCUT2D eigenvalue weighted by Crippen LogP contribution is -2.11. The summed E-state index contributed by atoms with van der Waals surface area (Å²) in [5.41, 5.74) is 2.00. The molecule has 0 aliphatic heterocycles. The molecule has 3 heterocycles. The van der Waals surface area contributed by atoms with Crippen molar-refractivity contribution in [3.63, 3.8) is 0 Å². The Morgan fingerprint density at radius 3 is 2.57 bits per heavy atom. The summed E-state index contributed by atoms with van der Waals surface area (Å²) < 4.78 is 5.37. The molecule has 0 spiro atoms. The standard InChI is InChI=1S/C19H14N4O4S/c1-10-15-11(2)20-17(14-4-3-9-27-14)22-19(15)28-16(10)18(24)21-12-5-7-13(8-6-12)23(25)26/h3-9H,1-2H3,(H,21,24). The number of thiophene rings is 1. The van der Waals surface area contributed by atoms with Gasteiger partial charge >= 0.3 is 0 Å². The van der Waals surface area contributed by atoms with Gasteiger partial charge in [0.25, 0.3) is 11.6 Å². The number of nitro groups is 1. The van der Waals surface area contributed by atoms with Crippen molar-refractivity contribution in [3.8, 4) is 11.6 Å². The molecule has 0 unspecified atom stereocenters. The molecular weight excluding hydrogens is 380 g/mol. The van der Waals surface area contributed by atoms with E-state index in [-0.39, 0.29) is 11.6 Å². The summed E-state index contributed by atoms with van der Waals surface area (Å²) >= 11 is 1.27. The van der Waals surface area contributed by atoms with Gasteiger partial charge in [0.15, 0.2) is 11.6 Å². The summed E-state index contributed by atoms with van der Waals surface area (Å²) in [5, 5.41) is 14.4. The molecule has 9 heteroatoms. The molecule has 3 aromatic heterocycles. The number of non-ortho nitro benzene ring substituents is 1. The van der Waals surface area contributed by atoms with Crippen molar-refractivity contribution in [2.24, 2.45) is 0 Å². The maximum absolute atomic E-state index is 12.7. The van der Waals surface area contributed by atoms with E-state index in [1.165, 1.54) is 35.6 Å². The highest BCUT2D eigenvalue weighted by atomic mass is 32.1. The number of nitrogens with zero attached hydrogens (tertiary/aromatic N) is 3. The van der Waals surface area contributed by atoms with Gasteiger partial charge in [-0.15, -0.1) is 11.3 Å². The van der Waals surface area contributed by atoms with Crippen LogP contribution in [0.1, 0.15) is 20.9 Å². The van der Waals surface area contributed by atoms with Crippen LogP contribution in [0.15, 0.2) is 47.1 Å². The summed E-state index contributed by atoms with van der Waals surface area (Å²) in [6.07, 6.45) is 1.56. The molecule has 4 rings (SSSR count). The third-order valence-electron chi connectivity index (χ3n) is 4.25. The number of furan rings is 1. The van der Waals surface area contributed by atoms with Gasteiger partial charge in [-0.2, -0.15) is 0 Å². The fraction of sp³-hybridized carbons (Fsp3) is 0.105. The van der Waals surface area contributed by atoms with Gasteiger partial charge in [0.1, 0.15) is 4.83 Å². The Balaban J connectivity index is 1.68. The van der Waals surface area contributed by atoms with E-state index in [2.05, 4.69) is 15.3 Å². The molecule has 28 heavy (non-hydrogen) atoms. The van der Waals surface area contributed by atoms with Crippen molar-refractivity contribution in [2.45, 2.75) is 13.8 Å². The monoisotopic (exact) mass is 394 g/mol. The minimum atomic E-state index is -0.486. The first-order valence-electron chi connectivity index (χ1n) is 8.31. The molecule has 0 aliphatic rings. The second-order valence-corrected chi connectivity index (χ2v) is 7.10. The van der Waals surface area contributed by atoms with Gasteiger partial charge in [-0.05, 0) is 43.7 Å². The van der Waals surface area contributed by atoms with E-state index in [4.69, 9.17) is 4.42 Å². The molecule has 0 fully saturated rings. The highest BCUT2D eigenvalue weighted by Gasteiger charge is 2.20. The molecule has 0 saturated carbocycles. The number of nitro benzene ring substituents is 1. The molecule has 0 bridgehead atoms. The summed E-state index contributed by atoms with van der Waals surface area (Å²) in [4.78, 5) is 33.3. The molecule has 1 aromatic carbocycles. The highest BCUT2D eigenvalue weighted by molar-refractivity contribution is 7.20. The van der Waals surface area contributed by atoms with Crippen molar-refractivity contribution in [1.29, 1.82) is 0 Å². The van der Waals surface area contributed by atoms with Crippen molar-refractivity contribution in [3.05, 3.63) is 68.9 Å². The maximum Gasteiger partial charge on any atom is 0.269 e. The average molecular weight is 394 g/mol. The van der Waals surface area contributed by atoms with Crippen molar-refractivity contribution in [1.82, 2.24) is 9.97 Å². The number of carbonyl (C=O) groups excluding carboxylic acids is 1. The first kappa shape index (κ1) is 17.8. The molecule has 1 amide bonds. The largest absolute Gasteiger partial charge is 0.461 e. The third-order valence-corrected chi connectivity index (χ3v) is 5.44. The molecule has 0 radical (unpaired) electrons. The Bertz CT molecular complexity index is 1200. The van der Waals surface area contributed by atoms with Gasteiger partial charge < -0.3 is 9.73 Å². The second kappa shape index (κ2) is 6.86. The van der Waals surface area contributed by atoms with Gasteiger partial charge in [-0.1, -0.05) is 0 Å². The van der Waals surface area contributed by atoms with Gasteiger partial charge in [-0.3, -0.25) is 14.9 Å². The number of hydrogen-bond donors (Lipinski definition) is 1. The van der Waals surface area contributed by atoms with Gasteiger partial charge in [0, 0.05) is 23.2 Å². The van der Waals surface area contributed by atoms with E-state index < -0.39 is 4.92 Å². The predicted octanol–water partition coefficient (Wildman–Crippen LogP) is 4.73. The number of aromatic nitrogens is 2. The number of nitrogens with one attached hydrogen (secondary N) is 1. The molecule has 0 saturated heterocycles. The Hall–Kier alpha value is -3.59. The van der Waals surface area contributed by atoms with Crippen molar-refractivity contribution in [2.75, 3.05) is 5.32 Å². The maximum atomic E-state index is 12.7. The van der Waals surface area contributed by atoms with E-state index in [1.807, 2.05) is 13.8 Å². The van der Waals surface area contributed by atoms with Crippen LogP contribution < -0.4 is 5.32 Å². The number of rotatable bonds is 4. The van der Waals surface area contributed by atoms with Crippen LogP contribution >= 0.6 is 11.3 Å². The average Bonchev–Trinajstić information content (AvgIpc) is 3.30. The van der Waals surface area contributed by atoms with Crippen molar-refractivity contribution < 1.29 is 14.1 Å². The molecule has 140 valence electrons. The minimum absolute atomic E-state index is 0.0348. The van der Waals surface area contributed by atoms with Gasteiger partial charge in [-0.25, -0.2) is 9.97 Å². The van der Waals surface area contributed by atoms with Crippen LogP contribution in [0.25, 0.3) is 21.8 Å². The van der Waals surface area contributed by atoms with Crippen LogP contribution in [0.4, 0.5) is 11.4 Å².